The van der Waals surface area contributed by atoms with E-state index >= 15 is 0 Å². The first-order chi connectivity index (χ1) is 17.0. The van der Waals surface area contributed by atoms with Crippen molar-refractivity contribution in [3.8, 4) is 0 Å². The molecule has 2 aliphatic heterocycles. The fourth-order valence-corrected chi connectivity index (χ4v) is 5.06. The molecule has 0 saturated carbocycles. The van der Waals surface area contributed by atoms with Gasteiger partial charge in [-0.25, -0.2) is 0 Å². The molecule has 1 aromatic heterocycles. The van der Waals surface area contributed by atoms with Gasteiger partial charge in [0.1, 0.15) is 11.9 Å². The third-order valence-electron chi connectivity index (χ3n) is 7.85. The van der Waals surface area contributed by atoms with Crippen molar-refractivity contribution >= 4 is 17.8 Å². The predicted octanol–water partition coefficient (Wildman–Crippen LogP) is 4.27. The Morgan fingerprint density at radius 3 is 2.64 bits per heavy atom. The standard InChI is InChI=1S/C29H41NO6/c1-6-10-22-26(33)19(2)11-9-15-29(5)24(36-29)17-21(14-13-20-12-7-8-16-30-20)35-25(32)18-23(31)28(3,4)27(22)34/h6-8,12-14,16,19,21-24,26,31,33H,1,9-11,15,17-18H2,2-5H3. The van der Waals surface area contributed by atoms with Crippen LogP contribution in [0.5, 0.6) is 0 Å². The zero-order valence-electron chi connectivity index (χ0n) is 21.9. The van der Waals surface area contributed by atoms with Crippen LogP contribution in [-0.4, -0.2) is 57.0 Å². The van der Waals surface area contributed by atoms with Gasteiger partial charge >= 0.3 is 5.97 Å². The van der Waals surface area contributed by atoms with Gasteiger partial charge in [-0.05, 0) is 56.4 Å². The molecule has 0 amide bonds. The Morgan fingerprint density at radius 2 is 1.97 bits per heavy atom. The summed E-state index contributed by atoms with van der Waals surface area (Å²) in [5.41, 5.74) is -0.821. The number of nitrogens with zero attached hydrogens (tertiary/aromatic N) is 1. The number of hydrogen-bond donors (Lipinski definition) is 2. The lowest BCUT2D eigenvalue weighted by atomic mass is 9.71. The van der Waals surface area contributed by atoms with Gasteiger partial charge in [0.05, 0.1) is 41.4 Å². The molecule has 3 rings (SSSR count). The maximum absolute atomic E-state index is 13.5. The highest BCUT2D eigenvalue weighted by Crippen LogP contribution is 2.44. The molecule has 0 aliphatic carbocycles. The molecule has 7 heteroatoms. The lowest BCUT2D eigenvalue weighted by molar-refractivity contribution is -0.154. The largest absolute Gasteiger partial charge is 0.458 e. The lowest BCUT2D eigenvalue weighted by Gasteiger charge is -2.35. The van der Waals surface area contributed by atoms with Crippen LogP contribution in [0.25, 0.3) is 6.08 Å². The molecular weight excluding hydrogens is 458 g/mol. The van der Waals surface area contributed by atoms with E-state index in [1.54, 1.807) is 32.2 Å². The molecule has 0 aromatic carbocycles. The van der Waals surface area contributed by atoms with E-state index in [-0.39, 0.29) is 29.8 Å². The number of ketones is 1. The number of carbonyl (C=O) groups is 2. The molecule has 2 N–H and O–H groups in total. The molecule has 0 bridgehead atoms. The van der Waals surface area contributed by atoms with Gasteiger partial charge in [0.25, 0.3) is 0 Å². The van der Waals surface area contributed by atoms with Crippen molar-refractivity contribution in [3.05, 3.63) is 48.8 Å². The van der Waals surface area contributed by atoms with E-state index in [4.69, 9.17) is 9.47 Å². The summed E-state index contributed by atoms with van der Waals surface area (Å²) in [4.78, 5) is 30.7. The summed E-state index contributed by atoms with van der Waals surface area (Å²) in [6.45, 7) is 11.0. The first-order valence-corrected chi connectivity index (χ1v) is 13.0. The van der Waals surface area contributed by atoms with Gasteiger partial charge in [0.15, 0.2) is 0 Å². The van der Waals surface area contributed by atoms with E-state index < -0.39 is 35.6 Å². The van der Waals surface area contributed by atoms with E-state index in [0.717, 1.165) is 25.0 Å². The maximum atomic E-state index is 13.5. The second kappa shape index (κ2) is 11.8. The van der Waals surface area contributed by atoms with Crippen molar-refractivity contribution < 1.29 is 29.3 Å². The molecule has 7 unspecified atom stereocenters. The zero-order chi connectivity index (χ0) is 26.5. The van der Waals surface area contributed by atoms with Gasteiger partial charge in [-0.15, -0.1) is 6.58 Å². The van der Waals surface area contributed by atoms with E-state index in [0.29, 0.717) is 12.8 Å². The Hall–Kier alpha value is -2.35. The molecule has 0 radical (unpaired) electrons. The highest BCUT2D eigenvalue weighted by Gasteiger charge is 2.52. The molecule has 7 nitrogen and oxygen atoms in total. The van der Waals surface area contributed by atoms with Crippen LogP contribution >= 0.6 is 0 Å². The molecule has 2 fully saturated rings. The number of fused-ring (bicyclic) bond motifs is 1. The maximum Gasteiger partial charge on any atom is 0.309 e. The van der Waals surface area contributed by atoms with Crippen LogP contribution in [0.1, 0.15) is 71.9 Å². The normalized spacial score (nSPS) is 36.2. The van der Waals surface area contributed by atoms with Gasteiger partial charge < -0.3 is 19.7 Å². The number of esters is 1. The zero-order valence-corrected chi connectivity index (χ0v) is 21.9. The fraction of sp³-hybridized carbons (Fsp3) is 0.621. The lowest BCUT2D eigenvalue weighted by Crippen LogP contribution is -2.46. The summed E-state index contributed by atoms with van der Waals surface area (Å²) in [5.74, 6) is -1.69. The number of aliphatic hydroxyl groups is 2. The molecular formula is C29H41NO6. The number of Topliss-reactive ketones (excluding diaryl/α,β-unsaturated/α-hetero) is 1. The molecule has 1 aromatic rings. The first-order valence-electron chi connectivity index (χ1n) is 13.0. The highest BCUT2D eigenvalue weighted by atomic mass is 16.6. The number of hydrogen-bond acceptors (Lipinski definition) is 7. The molecule has 2 saturated heterocycles. The van der Waals surface area contributed by atoms with Crippen LogP contribution in [0.4, 0.5) is 0 Å². The van der Waals surface area contributed by atoms with Crippen LogP contribution in [0.3, 0.4) is 0 Å². The van der Waals surface area contributed by atoms with Crippen LogP contribution < -0.4 is 0 Å². The summed E-state index contributed by atoms with van der Waals surface area (Å²) < 4.78 is 11.8. The number of epoxide rings is 1. The average Bonchev–Trinajstić information content (AvgIpc) is 3.48. The van der Waals surface area contributed by atoms with Crippen molar-refractivity contribution in [2.24, 2.45) is 17.3 Å². The Morgan fingerprint density at radius 1 is 1.22 bits per heavy atom. The Bertz CT molecular complexity index is 944. The quantitative estimate of drug-likeness (QED) is 0.362. The van der Waals surface area contributed by atoms with E-state index in [1.165, 1.54) is 0 Å². The molecule has 0 spiro atoms. The van der Waals surface area contributed by atoms with Crippen LogP contribution in [0.15, 0.2) is 43.1 Å². The number of carbonyl (C=O) groups excluding carboxylic acids is 2. The highest BCUT2D eigenvalue weighted by molar-refractivity contribution is 5.88. The Labute approximate surface area is 214 Å². The summed E-state index contributed by atoms with van der Waals surface area (Å²) in [5, 5.41) is 22.0. The van der Waals surface area contributed by atoms with Gasteiger partial charge in [-0.2, -0.15) is 0 Å². The number of allylic oxidation sites excluding steroid dienone is 1. The van der Waals surface area contributed by atoms with Crippen molar-refractivity contribution in [1.29, 1.82) is 0 Å². The van der Waals surface area contributed by atoms with Crippen molar-refractivity contribution in [1.82, 2.24) is 4.98 Å². The third kappa shape index (κ3) is 6.90. The molecule has 198 valence electrons. The summed E-state index contributed by atoms with van der Waals surface area (Å²) in [7, 11) is 0. The smallest absolute Gasteiger partial charge is 0.309 e. The van der Waals surface area contributed by atoms with E-state index in [2.05, 4.69) is 18.5 Å². The minimum absolute atomic E-state index is 0.0618. The topological polar surface area (TPSA) is 109 Å². The number of rotatable bonds is 4. The van der Waals surface area contributed by atoms with E-state index in [9.17, 15) is 19.8 Å². The van der Waals surface area contributed by atoms with Gasteiger partial charge in [-0.3, -0.25) is 14.6 Å². The van der Waals surface area contributed by atoms with Crippen molar-refractivity contribution in [2.75, 3.05) is 0 Å². The third-order valence-corrected chi connectivity index (χ3v) is 7.85. The number of pyridine rings is 1. The summed E-state index contributed by atoms with van der Waals surface area (Å²) >= 11 is 0. The molecule has 36 heavy (non-hydrogen) atoms. The first kappa shape index (κ1) is 28.2. The predicted molar refractivity (Wildman–Crippen MR) is 138 cm³/mol. The number of cyclic esters (lactones) is 1. The minimum atomic E-state index is -1.26. The van der Waals surface area contributed by atoms with Gasteiger partial charge in [0, 0.05) is 18.5 Å². The number of ether oxygens (including phenoxy) is 2. The van der Waals surface area contributed by atoms with Crippen molar-refractivity contribution in [2.45, 2.75) is 96.2 Å². The number of aliphatic hydroxyl groups excluding tert-OH is 2. The van der Waals surface area contributed by atoms with Crippen LogP contribution in [0.2, 0.25) is 0 Å². The van der Waals surface area contributed by atoms with Crippen LogP contribution in [0, 0.1) is 17.3 Å². The SMILES string of the molecule is C=CCC1C(=O)C(C)(C)C(O)CC(=O)OC(C=Cc2ccccn2)CC2OC2(C)CCCC(C)C1O. The average molecular weight is 500 g/mol. The Kier molecular flexibility index (Phi) is 9.25. The minimum Gasteiger partial charge on any atom is -0.458 e. The summed E-state index contributed by atoms with van der Waals surface area (Å²) in [6, 6.07) is 5.57. The van der Waals surface area contributed by atoms with Crippen molar-refractivity contribution in [3.63, 3.8) is 0 Å². The van der Waals surface area contributed by atoms with Gasteiger partial charge in [-0.1, -0.05) is 39.3 Å². The second-order valence-electron chi connectivity index (χ2n) is 11.1. The van der Waals surface area contributed by atoms with Gasteiger partial charge in [0.2, 0.25) is 0 Å². The molecule has 3 heterocycles. The monoisotopic (exact) mass is 499 g/mol. The molecule has 7 atom stereocenters. The Balaban J connectivity index is 1.84. The van der Waals surface area contributed by atoms with Crippen LogP contribution in [-0.2, 0) is 19.1 Å². The van der Waals surface area contributed by atoms with E-state index in [1.807, 2.05) is 31.2 Å². The number of aromatic nitrogens is 1. The summed E-state index contributed by atoms with van der Waals surface area (Å²) in [6.07, 6.45) is 7.02. The second-order valence-corrected chi connectivity index (χ2v) is 11.1. The fourth-order valence-electron chi connectivity index (χ4n) is 5.06. The molecule has 2 aliphatic rings.